The molecule has 0 aromatic carbocycles. The van der Waals surface area contributed by atoms with Crippen LogP contribution in [0, 0.1) is 0 Å². The van der Waals surface area contributed by atoms with E-state index in [0.29, 0.717) is 22.9 Å². The molecular weight excluding hydrogens is 306 g/mol. The van der Waals surface area contributed by atoms with E-state index < -0.39 is 12.0 Å². The highest BCUT2D eigenvalue weighted by Gasteiger charge is 2.16. The number of amides is 1. The van der Waals surface area contributed by atoms with E-state index in [4.69, 9.17) is 5.11 Å². The lowest BCUT2D eigenvalue weighted by molar-refractivity contribution is -0.138. The lowest BCUT2D eigenvalue weighted by atomic mass is 10.1. The van der Waals surface area contributed by atoms with Crippen molar-refractivity contribution in [3.63, 3.8) is 0 Å². The van der Waals surface area contributed by atoms with Gasteiger partial charge in [0.25, 0.3) is 5.91 Å². The fraction of sp³-hybridized carbons (Fsp3) is 0.308. The average molecular weight is 321 g/mol. The topological polar surface area (TPSA) is 117 Å². The summed E-state index contributed by atoms with van der Waals surface area (Å²) in [6, 6.07) is 2.44. The quantitative estimate of drug-likeness (QED) is 0.712. The molecular formula is C13H15N5O3S. The maximum absolute atomic E-state index is 11.9. The van der Waals surface area contributed by atoms with Crippen molar-refractivity contribution in [2.24, 2.45) is 0 Å². The van der Waals surface area contributed by atoms with Gasteiger partial charge in [-0.1, -0.05) is 24.7 Å². The van der Waals surface area contributed by atoms with Gasteiger partial charge in [-0.05, 0) is 18.6 Å². The molecule has 22 heavy (non-hydrogen) atoms. The van der Waals surface area contributed by atoms with E-state index in [1.807, 2.05) is 6.92 Å². The van der Waals surface area contributed by atoms with Gasteiger partial charge in [0.2, 0.25) is 5.13 Å². The predicted octanol–water partition coefficient (Wildman–Crippen LogP) is 1.85. The number of carbonyl (C=O) groups is 2. The maximum Gasteiger partial charge on any atom is 0.326 e. The number of carboxylic acid groups (broad SMARTS) is 1. The number of hydrogen-bond donors (Lipinski definition) is 3. The first-order chi connectivity index (χ1) is 10.6. The standard InChI is InChI=1S/C13H15N5O3S/c1-2-3-9(12(20)21)16-10-5-4-8(6-14-10)11(19)17-13-18-15-7-22-13/h4-7,9H,2-3H2,1H3,(H,14,16)(H,20,21)(H,17,18,19). The van der Waals surface area contributed by atoms with Crippen molar-refractivity contribution in [1.82, 2.24) is 15.2 Å². The summed E-state index contributed by atoms with van der Waals surface area (Å²) in [7, 11) is 0. The highest BCUT2D eigenvalue weighted by Crippen LogP contribution is 2.13. The molecule has 9 heteroatoms. The van der Waals surface area contributed by atoms with Gasteiger partial charge in [0.15, 0.2) is 0 Å². The molecule has 1 atom stereocenters. The molecule has 116 valence electrons. The number of nitrogens with zero attached hydrogens (tertiary/aromatic N) is 3. The van der Waals surface area contributed by atoms with E-state index >= 15 is 0 Å². The van der Waals surface area contributed by atoms with Crippen molar-refractivity contribution in [3.8, 4) is 0 Å². The van der Waals surface area contributed by atoms with Crippen LogP contribution in [-0.2, 0) is 4.79 Å². The minimum atomic E-state index is -0.929. The molecule has 0 aliphatic rings. The van der Waals surface area contributed by atoms with Crippen LogP contribution in [0.3, 0.4) is 0 Å². The number of hydrogen-bond acceptors (Lipinski definition) is 7. The second-order valence-corrected chi connectivity index (χ2v) is 5.29. The molecule has 0 saturated carbocycles. The van der Waals surface area contributed by atoms with Crippen molar-refractivity contribution in [1.29, 1.82) is 0 Å². The van der Waals surface area contributed by atoms with Gasteiger partial charge in [-0.2, -0.15) is 0 Å². The monoisotopic (exact) mass is 321 g/mol. The third-order valence-corrected chi connectivity index (χ3v) is 3.41. The third kappa shape index (κ3) is 4.22. The molecule has 0 aliphatic carbocycles. The predicted molar refractivity (Wildman–Crippen MR) is 82.1 cm³/mol. The summed E-state index contributed by atoms with van der Waals surface area (Å²) in [5.41, 5.74) is 1.86. The molecule has 2 aromatic rings. The van der Waals surface area contributed by atoms with Crippen molar-refractivity contribution >= 4 is 34.2 Å². The van der Waals surface area contributed by atoms with Crippen molar-refractivity contribution < 1.29 is 14.7 Å². The first-order valence-corrected chi connectivity index (χ1v) is 7.51. The average Bonchev–Trinajstić information content (AvgIpc) is 3.00. The molecule has 0 bridgehead atoms. The fourth-order valence-corrected chi connectivity index (χ4v) is 2.17. The normalized spacial score (nSPS) is 11.7. The van der Waals surface area contributed by atoms with Crippen LogP contribution in [0.25, 0.3) is 0 Å². The Bertz CT molecular complexity index is 630. The number of aliphatic carboxylic acids is 1. The van der Waals surface area contributed by atoms with Crippen molar-refractivity contribution in [2.45, 2.75) is 25.8 Å². The Morgan fingerprint density at radius 3 is 2.77 bits per heavy atom. The molecule has 0 fully saturated rings. The summed E-state index contributed by atoms with van der Waals surface area (Å²) in [6.45, 7) is 1.91. The highest BCUT2D eigenvalue weighted by molar-refractivity contribution is 7.13. The lowest BCUT2D eigenvalue weighted by Gasteiger charge is -2.14. The number of anilines is 2. The van der Waals surface area contributed by atoms with Crippen LogP contribution in [0.4, 0.5) is 10.9 Å². The largest absolute Gasteiger partial charge is 0.480 e. The van der Waals surface area contributed by atoms with Gasteiger partial charge in [-0.15, -0.1) is 10.2 Å². The second kappa shape index (κ2) is 7.46. The van der Waals surface area contributed by atoms with Gasteiger partial charge in [0.1, 0.15) is 17.4 Å². The van der Waals surface area contributed by atoms with Crippen LogP contribution < -0.4 is 10.6 Å². The van der Waals surface area contributed by atoms with E-state index in [9.17, 15) is 9.59 Å². The molecule has 3 N–H and O–H groups in total. The van der Waals surface area contributed by atoms with E-state index in [2.05, 4.69) is 25.8 Å². The first-order valence-electron chi connectivity index (χ1n) is 6.63. The van der Waals surface area contributed by atoms with Gasteiger partial charge in [0, 0.05) is 6.20 Å². The highest BCUT2D eigenvalue weighted by atomic mass is 32.1. The molecule has 2 aromatic heterocycles. The Balaban J connectivity index is 2.00. The van der Waals surface area contributed by atoms with E-state index in [1.165, 1.54) is 23.0 Å². The van der Waals surface area contributed by atoms with Gasteiger partial charge < -0.3 is 10.4 Å². The van der Waals surface area contributed by atoms with E-state index in [1.54, 1.807) is 12.1 Å². The number of carbonyl (C=O) groups excluding carboxylic acids is 1. The van der Waals surface area contributed by atoms with Crippen LogP contribution in [0.1, 0.15) is 30.1 Å². The third-order valence-electron chi connectivity index (χ3n) is 2.80. The lowest BCUT2D eigenvalue weighted by Crippen LogP contribution is -2.29. The maximum atomic E-state index is 11.9. The zero-order valence-corrected chi connectivity index (χ0v) is 12.6. The molecule has 0 aliphatic heterocycles. The molecule has 8 nitrogen and oxygen atoms in total. The van der Waals surface area contributed by atoms with Gasteiger partial charge in [-0.25, -0.2) is 9.78 Å². The number of rotatable bonds is 7. The van der Waals surface area contributed by atoms with Gasteiger partial charge in [0.05, 0.1) is 5.56 Å². The fourth-order valence-electron chi connectivity index (χ4n) is 1.73. The molecule has 1 unspecified atom stereocenters. The van der Waals surface area contributed by atoms with Crippen molar-refractivity contribution in [3.05, 3.63) is 29.4 Å². The Morgan fingerprint density at radius 1 is 1.41 bits per heavy atom. The van der Waals surface area contributed by atoms with Crippen LogP contribution in [0.15, 0.2) is 23.8 Å². The van der Waals surface area contributed by atoms with Crippen LogP contribution in [0.2, 0.25) is 0 Å². The Kier molecular flexibility index (Phi) is 5.37. The Hall–Kier alpha value is -2.55. The number of pyridine rings is 1. The SMILES string of the molecule is CCCC(Nc1ccc(C(=O)Nc2nncs2)cn1)C(=O)O. The molecule has 0 radical (unpaired) electrons. The molecule has 0 saturated heterocycles. The zero-order chi connectivity index (χ0) is 15.9. The molecule has 2 heterocycles. The summed E-state index contributed by atoms with van der Waals surface area (Å²) >= 11 is 1.21. The summed E-state index contributed by atoms with van der Waals surface area (Å²) in [4.78, 5) is 27.1. The number of carboxylic acids is 1. The smallest absolute Gasteiger partial charge is 0.326 e. The second-order valence-electron chi connectivity index (χ2n) is 4.45. The Morgan fingerprint density at radius 2 is 2.23 bits per heavy atom. The van der Waals surface area contributed by atoms with E-state index in [-0.39, 0.29) is 5.91 Å². The summed E-state index contributed by atoms with van der Waals surface area (Å²) in [5.74, 6) is -0.866. The molecule has 1 amide bonds. The summed E-state index contributed by atoms with van der Waals surface area (Å²) in [6.07, 6.45) is 2.62. The minimum Gasteiger partial charge on any atom is -0.480 e. The van der Waals surface area contributed by atoms with Crippen LogP contribution in [0.5, 0.6) is 0 Å². The molecule has 2 rings (SSSR count). The Labute approximate surface area is 130 Å². The van der Waals surface area contributed by atoms with Crippen LogP contribution in [-0.4, -0.2) is 38.2 Å². The van der Waals surface area contributed by atoms with Gasteiger partial charge in [-0.3, -0.25) is 10.1 Å². The van der Waals surface area contributed by atoms with Crippen molar-refractivity contribution in [2.75, 3.05) is 10.6 Å². The number of aromatic nitrogens is 3. The molecule has 0 spiro atoms. The zero-order valence-electron chi connectivity index (χ0n) is 11.8. The van der Waals surface area contributed by atoms with Crippen LogP contribution >= 0.6 is 11.3 Å². The summed E-state index contributed by atoms with van der Waals surface area (Å²) < 4.78 is 0. The van der Waals surface area contributed by atoms with Gasteiger partial charge >= 0.3 is 5.97 Å². The first kappa shape index (κ1) is 15.8. The minimum absolute atomic E-state index is 0.348. The number of nitrogens with one attached hydrogen (secondary N) is 2. The summed E-state index contributed by atoms with van der Waals surface area (Å²) in [5, 5.41) is 22.2. The van der Waals surface area contributed by atoms with E-state index in [0.717, 1.165) is 6.42 Å².